The molecule has 0 amide bonds. The zero-order chi connectivity index (χ0) is 12.3. The van der Waals surface area contributed by atoms with Crippen molar-refractivity contribution in [1.29, 1.82) is 0 Å². The van der Waals surface area contributed by atoms with Crippen LogP contribution in [0.4, 0.5) is 4.39 Å². The molecular weight excluding hydrogens is 259 g/mol. The lowest BCUT2D eigenvalue weighted by Gasteiger charge is -2.13. The Morgan fingerprint density at radius 3 is 3.00 bits per heavy atom. The van der Waals surface area contributed by atoms with E-state index < -0.39 is 0 Å². The van der Waals surface area contributed by atoms with Crippen molar-refractivity contribution in [2.75, 3.05) is 0 Å². The lowest BCUT2D eigenvalue weighted by molar-refractivity contribution is 0.564. The SMILES string of the molecule is CC(NCc1nccs1)c1ccc(Cl)c(F)c1. The van der Waals surface area contributed by atoms with Gasteiger partial charge in [-0.2, -0.15) is 0 Å². The largest absolute Gasteiger partial charge is 0.304 e. The summed E-state index contributed by atoms with van der Waals surface area (Å²) < 4.78 is 13.3. The maximum atomic E-state index is 13.3. The highest BCUT2D eigenvalue weighted by Crippen LogP contribution is 2.20. The third-order valence-electron chi connectivity index (χ3n) is 2.49. The molecule has 2 rings (SSSR count). The normalized spacial score (nSPS) is 12.6. The van der Waals surface area contributed by atoms with Crippen LogP contribution in [-0.2, 0) is 6.54 Å². The van der Waals surface area contributed by atoms with E-state index in [-0.39, 0.29) is 16.9 Å². The summed E-state index contributed by atoms with van der Waals surface area (Å²) in [5.41, 5.74) is 0.878. The molecule has 2 aromatic rings. The summed E-state index contributed by atoms with van der Waals surface area (Å²) >= 11 is 7.24. The van der Waals surface area contributed by atoms with Crippen LogP contribution >= 0.6 is 22.9 Å². The van der Waals surface area contributed by atoms with Gasteiger partial charge in [0.15, 0.2) is 0 Å². The summed E-state index contributed by atoms with van der Waals surface area (Å²) in [4.78, 5) is 4.17. The number of nitrogens with zero attached hydrogens (tertiary/aromatic N) is 1. The Hall–Kier alpha value is -0.970. The molecular formula is C12H12ClFN2S. The Kier molecular flexibility index (Phi) is 4.10. The third-order valence-corrected chi connectivity index (χ3v) is 3.57. The van der Waals surface area contributed by atoms with Crippen molar-refractivity contribution in [3.63, 3.8) is 0 Å². The average molecular weight is 271 g/mol. The number of halogens is 2. The lowest BCUT2D eigenvalue weighted by Crippen LogP contribution is -2.18. The molecule has 2 nitrogen and oxygen atoms in total. The minimum absolute atomic E-state index is 0.0608. The molecule has 17 heavy (non-hydrogen) atoms. The second-order valence-electron chi connectivity index (χ2n) is 3.70. The van der Waals surface area contributed by atoms with Crippen LogP contribution in [0.3, 0.4) is 0 Å². The number of hydrogen-bond acceptors (Lipinski definition) is 3. The van der Waals surface area contributed by atoms with Crippen molar-refractivity contribution in [2.24, 2.45) is 0 Å². The Bertz CT molecular complexity index is 487. The van der Waals surface area contributed by atoms with E-state index in [4.69, 9.17) is 11.6 Å². The molecule has 0 saturated heterocycles. The van der Waals surface area contributed by atoms with Crippen LogP contribution in [0.15, 0.2) is 29.8 Å². The van der Waals surface area contributed by atoms with Gasteiger partial charge in [-0.3, -0.25) is 0 Å². The second-order valence-corrected chi connectivity index (χ2v) is 5.09. The fourth-order valence-corrected chi connectivity index (χ4v) is 2.16. The molecule has 1 N–H and O–H groups in total. The van der Waals surface area contributed by atoms with E-state index in [1.807, 2.05) is 18.4 Å². The summed E-state index contributed by atoms with van der Waals surface area (Å²) in [6, 6.07) is 4.92. The summed E-state index contributed by atoms with van der Waals surface area (Å²) in [6.45, 7) is 2.67. The molecule has 0 bridgehead atoms. The van der Waals surface area contributed by atoms with Gasteiger partial charge in [-0.15, -0.1) is 11.3 Å². The standard InChI is InChI=1S/C12H12ClFN2S/c1-8(16-7-12-15-4-5-17-12)9-2-3-10(13)11(14)6-9/h2-6,8,16H,7H2,1H3. The van der Waals surface area contributed by atoms with Crippen molar-refractivity contribution in [3.8, 4) is 0 Å². The topological polar surface area (TPSA) is 24.9 Å². The number of rotatable bonds is 4. The van der Waals surface area contributed by atoms with Gasteiger partial charge in [-0.05, 0) is 24.6 Å². The molecule has 1 atom stereocenters. The minimum Gasteiger partial charge on any atom is -0.304 e. The molecule has 0 aliphatic carbocycles. The molecule has 0 aliphatic rings. The van der Waals surface area contributed by atoms with Gasteiger partial charge in [-0.25, -0.2) is 9.37 Å². The molecule has 0 fully saturated rings. The number of thiazole rings is 1. The lowest BCUT2D eigenvalue weighted by atomic mass is 10.1. The molecule has 0 saturated carbocycles. The smallest absolute Gasteiger partial charge is 0.142 e. The van der Waals surface area contributed by atoms with Gasteiger partial charge in [0.25, 0.3) is 0 Å². The van der Waals surface area contributed by atoms with Gasteiger partial charge in [0, 0.05) is 24.2 Å². The molecule has 1 unspecified atom stereocenters. The van der Waals surface area contributed by atoms with Crippen LogP contribution in [0.1, 0.15) is 23.5 Å². The number of benzene rings is 1. The van der Waals surface area contributed by atoms with Crippen LogP contribution in [-0.4, -0.2) is 4.98 Å². The molecule has 90 valence electrons. The zero-order valence-corrected chi connectivity index (χ0v) is 10.9. The van der Waals surface area contributed by atoms with Crippen LogP contribution in [0.5, 0.6) is 0 Å². The third kappa shape index (κ3) is 3.25. The van der Waals surface area contributed by atoms with E-state index in [0.29, 0.717) is 6.54 Å². The van der Waals surface area contributed by atoms with Gasteiger partial charge in [-0.1, -0.05) is 17.7 Å². The highest BCUT2D eigenvalue weighted by atomic mass is 35.5. The van der Waals surface area contributed by atoms with Crippen molar-refractivity contribution in [2.45, 2.75) is 19.5 Å². The fraction of sp³-hybridized carbons (Fsp3) is 0.250. The summed E-state index contributed by atoms with van der Waals surface area (Å²) in [5.74, 6) is -0.382. The first-order valence-corrected chi connectivity index (χ1v) is 6.49. The van der Waals surface area contributed by atoms with Gasteiger partial charge in [0.05, 0.1) is 5.02 Å². The van der Waals surface area contributed by atoms with Crippen molar-refractivity contribution < 1.29 is 4.39 Å². The van der Waals surface area contributed by atoms with Gasteiger partial charge in [0.1, 0.15) is 10.8 Å². The van der Waals surface area contributed by atoms with Crippen molar-refractivity contribution in [1.82, 2.24) is 10.3 Å². The minimum atomic E-state index is -0.382. The van der Waals surface area contributed by atoms with Crippen molar-refractivity contribution >= 4 is 22.9 Å². The van der Waals surface area contributed by atoms with E-state index in [9.17, 15) is 4.39 Å². The summed E-state index contributed by atoms with van der Waals surface area (Å²) in [5, 5.41) is 6.39. The van der Waals surface area contributed by atoms with Gasteiger partial charge in [0.2, 0.25) is 0 Å². The zero-order valence-electron chi connectivity index (χ0n) is 9.28. The summed E-state index contributed by atoms with van der Waals surface area (Å²) in [6.07, 6.45) is 1.77. The quantitative estimate of drug-likeness (QED) is 0.914. The average Bonchev–Trinajstić information content (AvgIpc) is 2.82. The van der Waals surface area contributed by atoms with E-state index in [1.165, 1.54) is 6.07 Å². The molecule has 1 heterocycles. The van der Waals surface area contributed by atoms with Crippen LogP contribution in [0.25, 0.3) is 0 Å². The first-order valence-electron chi connectivity index (χ1n) is 5.23. The van der Waals surface area contributed by atoms with Gasteiger partial charge < -0.3 is 5.32 Å². The van der Waals surface area contributed by atoms with Crippen LogP contribution < -0.4 is 5.32 Å². The Labute approximate surface area is 108 Å². The monoisotopic (exact) mass is 270 g/mol. The molecule has 0 aliphatic heterocycles. The Morgan fingerprint density at radius 2 is 2.35 bits per heavy atom. The number of hydrogen-bond donors (Lipinski definition) is 1. The maximum Gasteiger partial charge on any atom is 0.142 e. The van der Waals surface area contributed by atoms with E-state index in [0.717, 1.165) is 10.6 Å². The predicted molar refractivity (Wildman–Crippen MR) is 68.8 cm³/mol. The molecule has 5 heteroatoms. The molecule has 1 aromatic heterocycles. The highest BCUT2D eigenvalue weighted by molar-refractivity contribution is 7.09. The fourth-order valence-electron chi connectivity index (χ4n) is 1.48. The summed E-state index contributed by atoms with van der Waals surface area (Å²) in [7, 11) is 0. The molecule has 1 aromatic carbocycles. The second kappa shape index (κ2) is 5.58. The maximum absolute atomic E-state index is 13.3. The first kappa shape index (κ1) is 12.5. The van der Waals surface area contributed by atoms with E-state index >= 15 is 0 Å². The predicted octanol–water partition coefficient (Wildman–Crippen LogP) is 3.79. The number of aromatic nitrogens is 1. The van der Waals surface area contributed by atoms with E-state index in [2.05, 4.69) is 10.3 Å². The van der Waals surface area contributed by atoms with Gasteiger partial charge >= 0.3 is 0 Å². The van der Waals surface area contributed by atoms with E-state index in [1.54, 1.807) is 23.6 Å². The van der Waals surface area contributed by atoms with Crippen LogP contribution in [0.2, 0.25) is 5.02 Å². The molecule has 0 spiro atoms. The Balaban J connectivity index is 1.99. The molecule has 0 radical (unpaired) electrons. The number of nitrogens with one attached hydrogen (secondary N) is 1. The highest BCUT2D eigenvalue weighted by Gasteiger charge is 2.08. The first-order chi connectivity index (χ1) is 8.16. The Morgan fingerprint density at radius 1 is 1.53 bits per heavy atom. The van der Waals surface area contributed by atoms with Crippen molar-refractivity contribution in [3.05, 3.63) is 51.2 Å². The van der Waals surface area contributed by atoms with Crippen LogP contribution in [0, 0.1) is 5.82 Å².